The number of aromatic nitrogens is 4. The second-order valence-electron chi connectivity index (χ2n) is 6.25. The van der Waals surface area contributed by atoms with E-state index in [0.717, 1.165) is 16.6 Å². The average Bonchev–Trinajstić information content (AvgIpc) is 3.29. The van der Waals surface area contributed by atoms with E-state index in [2.05, 4.69) is 25.9 Å². The number of H-pyrrole nitrogens is 1. The molecule has 0 aliphatic rings. The molecular formula is C20H18N6O2. The van der Waals surface area contributed by atoms with Crippen LogP contribution in [0.3, 0.4) is 0 Å². The van der Waals surface area contributed by atoms with Crippen LogP contribution < -0.4 is 10.6 Å². The van der Waals surface area contributed by atoms with Crippen LogP contribution in [0.5, 0.6) is 0 Å². The molecule has 0 aliphatic heterocycles. The molecule has 0 fully saturated rings. The van der Waals surface area contributed by atoms with Gasteiger partial charge in [0.25, 0.3) is 11.8 Å². The zero-order valence-corrected chi connectivity index (χ0v) is 15.4. The largest absolute Gasteiger partial charge is 0.355 e. The molecule has 0 spiro atoms. The maximum Gasteiger partial charge on any atom is 0.256 e. The molecule has 140 valence electrons. The van der Waals surface area contributed by atoms with Gasteiger partial charge in [-0.2, -0.15) is 10.2 Å². The number of carbonyl (C=O) groups is 2. The molecule has 0 aliphatic carbocycles. The molecule has 3 N–H and O–H groups in total. The van der Waals surface area contributed by atoms with Gasteiger partial charge in [0.1, 0.15) is 11.5 Å². The van der Waals surface area contributed by atoms with Crippen LogP contribution in [0.15, 0.2) is 54.6 Å². The Labute approximate surface area is 160 Å². The number of hydrogen-bond donors (Lipinski definition) is 3. The van der Waals surface area contributed by atoms with E-state index in [9.17, 15) is 9.59 Å². The molecule has 0 unspecified atom stereocenters. The topological polar surface area (TPSA) is 105 Å². The Balaban J connectivity index is 1.71. The van der Waals surface area contributed by atoms with Gasteiger partial charge in [-0.1, -0.05) is 36.4 Å². The summed E-state index contributed by atoms with van der Waals surface area (Å²) in [5.74, 6) is -0.145. The lowest BCUT2D eigenvalue weighted by Gasteiger charge is -2.06. The molecule has 4 rings (SSSR count). The van der Waals surface area contributed by atoms with Gasteiger partial charge in [-0.15, -0.1) is 0 Å². The van der Waals surface area contributed by atoms with Crippen molar-refractivity contribution in [3.8, 4) is 11.3 Å². The molecule has 0 bridgehead atoms. The van der Waals surface area contributed by atoms with Gasteiger partial charge in [0, 0.05) is 30.8 Å². The van der Waals surface area contributed by atoms with Crippen LogP contribution in [0, 0.1) is 0 Å². The van der Waals surface area contributed by atoms with Gasteiger partial charge in [0.15, 0.2) is 5.65 Å². The fraction of sp³-hybridized carbons (Fsp3) is 0.100. The lowest BCUT2D eigenvalue weighted by Crippen LogP contribution is -2.19. The van der Waals surface area contributed by atoms with Crippen LogP contribution in [-0.4, -0.2) is 38.8 Å². The van der Waals surface area contributed by atoms with E-state index in [1.54, 1.807) is 43.0 Å². The number of carbonyl (C=O) groups excluding carboxylic acids is 2. The summed E-state index contributed by atoms with van der Waals surface area (Å²) in [4.78, 5) is 24.6. The minimum atomic E-state index is -0.348. The molecule has 2 aromatic heterocycles. The van der Waals surface area contributed by atoms with Crippen molar-refractivity contribution < 1.29 is 9.59 Å². The van der Waals surface area contributed by atoms with Crippen molar-refractivity contribution in [2.75, 3.05) is 12.4 Å². The first-order valence-corrected chi connectivity index (χ1v) is 8.68. The van der Waals surface area contributed by atoms with E-state index >= 15 is 0 Å². The second kappa shape index (κ2) is 6.99. The summed E-state index contributed by atoms with van der Waals surface area (Å²) >= 11 is 0. The third-order valence-electron chi connectivity index (χ3n) is 4.44. The minimum Gasteiger partial charge on any atom is -0.355 e. The number of fused-ring (bicyclic) bond motifs is 1. The minimum absolute atomic E-state index is 0.253. The smallest absolute Gasteiger partial charge is 0.256 e. The Hall–Kier alpha value is -3.94. The molecule has 2 heterocycles. The predicted octanol–water partition coefficient (Wildman–Crippen LogP) is 2.58. The second-order valence-corrected chi connectivity index (χ2v) is 6.25. The van der Waals surface area contributed by atoms with E-state index in [0.29, 0.717) is 22.6 Å². The van der Waals surface area contributed by atoms with Gasteiger partial charge in [0.05, 0.1) is 5.39 Å². The van der Waals surface area contributed by atoms with Gasteiger partial charge < -0.3 is 10.6 Å². The highest BCUT2D eigenvalue weighted by molar-refractivity contribution is 6.11. The Morgan fingerprint density at radius 3 is 2.43 bits per heavy atom. The first kappa shape index (κ1) is 17.5. The molecule has 8 heteroatoms. The van der Waals surface area contributed by atoms with Crippen LogP contribution in [0.4, 0.5) is 5.82 Å². The lowest BCUT2D eigenvalue weighted by molar-refractivity contribution is 0.0963. The molecule has 8 nitrogen and oxygen atoms in total. The first-order valence-electron chi connectivity index (χ1n) is 8.68. The maximum atomic E-state index is 12.8. The number of anilines is 1. The van der Waals surface area contributed by atoms with Gasteiger partial charge >= 0.3 is 0 Å². The van der Waals surface area contributed by atoms with Crippen LogP contribution in [-0.2, 0) is 7.05 Å². The quantitative estimate of drug-likeness (QED) is 0.511. The number of amides is 2. The molecule has 2 aromatic carbocycles. The van der Waals surface area contributed by atoms with Gasteiger partial charge in [0.2, 0.25) is 0 Å². The summed E-state index contributed by atoms with van der Waals surface area (Å²) in [6, 6.07) is 16.2. The van der Waals surface area contributed by atoms with Crippen LogP contribution >= 0.6 is 0 Å². The number of benzene rings is 2. The molecule has 0 atom stereocenters. The van der Waals surface area contributed by atoms with Crippen molar-refractivity contribution >= 4 is 28.7 Å². The fourth-order valence-corrected chi connectivity index (χ4v) is 3.06. The molecule has 28 heavy (non-hydrogen) atoms. The zero-order valence-electron chi connectivity index (χ0n) is 15.4. The predicted molar refractivity (Wildman–Crippen MR) is 106 cm³/mol. The van der Waals surface area contributed by atoms with E-state index in [-0.39, 0.29) is 11.8 Å². The van der Waals surface area contributed by atoms with Gasteiger partial charge in [-0.05, 0) is 18.2 Å². The van der Waals surface area contributed by atoms with E-state index < -0.39 is 0 Å². The molecule has 4 aromatic rings. The Bertz CT molecular complexity index is 1180. The first-order chi connectivity index (χ1) is 13.6. The van der Waals surface area contributed by atoms with E-state index in [4.69, 9.17) is 0 Å². The monoisotopic (exact) mass is 374 g/mol. The highest BCUT2D eigenvalue weighted by atomic mass is 16.2. The summed E-state index contributed by atoms with van der Waals surface area (Å²) in [6.07, 6.45) is 0. The van der Waals surface area contributed by atoms with Crippen molar-refractivity contribution in [3.63, 3.8) is 0 Å². The van der Waals surface area contributed by atoms with Crippen molar-refractivity contribution in [1.82, 2.24) is 25.3 Å². The SMILES string of the molecule is CNC(=O)c1cccc(C(=O)Nc2[nH]nc3c2c(-c2ccccc2)nn3C)c1. The number of hydrogen-bond acceptors (Lipinski definition) is 4. The Morgan fingerprint density at radius 1 is 1.00 bits per heavy atom. The number of nitrogens with one attached hydrogen (secondary N) is 3. The number of nitrogens with zero attached hydrogens (tertiary/aromatic N) is 3. The fourth-order valence-electron chi connectivity index (χ4n) is 3.06. The summed E-state index contributed by atoms with van der Waals surface area (Å²) < 4.78 is 1.66. The molecule has 0 radical (unpaired) electrons. The molecule has 2 amide bonds. The number of rotatable bonds is 4. The molecular weight excluding hydrogens is 356 g/mol. The lowest BCUT2D eigenvalue weighted by atomic mass is 10.1. The van der Waals surface area contributed by atoms with Crippen molar-refractivity contribution in [2.45, 2.75) is 0 Å². The van der Waals surface area contributed by atoms with Crippen LogP contribution in [0.2, 0.25) is 0 Å². The highest BCUT2D eigenvalue weighted by Gasteiger charge is 2.20. The third-order valence-corrected chi connectivity index (χ3v) is 4.44. The summed E-state index contributed by atoms with van der Waals surface area (Å²) in [6.45, 7) is 0. The van der Waals surface area contributed by atoms with Crippen LogP contribution in [0.25, 0.3) is 22.3 Å². The normalized spacial score (nSPS) is 10.8. The van der Waals surface area contributed by atoms with E-state index in [1.807, 2.05) is 30.3 Å². The average molecular weight is 374 g/mol. The third kappa shape index (κ3) is 3.01. The van der Waals surface area contributed by atoms with Crippen molar-refractivity contribution in [2.24, 2.45) is 7.05 Å². The highest BCUT2D eigenvalue weighted by Crippen LogP contribution is 2.31. The summed E-state index contributed by atoms with van der Waals surface area (Å²) in [7, 11) is 3.35. The maximum absolute atomic E-state index is 12.8. The van der Waals surface area contributed by atoms with Crippen molar-refractivity contribution in [1.29, 1.82) is 0 Å². The summed E-state index contributed by atoms with van der Waals surface area (Å²) in [5, 5.41) is 17.8. The summed E-state index contributed by atoms with van der Waals surface area (Å²) in [5.41, 5.74) is 3.06. The number of aryl methyl sites for hydroxylation is 1. The number of aromatic amines is 1. The van der Waals surface area contributed by atoms with Gasteiger partial charge in [-0.25, -0.2) is 4.68 Å². The van der Waals surface area contributed by atoms with Crippen LogP contribution in [0.1, 0.15) is 20.7 Å². The standard InChI is InChI=1S/C20H18N6O2/c1-21-19(27)13-9-6-10-14(11-13)20(28)22-17-15-16(12-7-4-3-5-8-12)25-26(2)18(15)24-23-17/h3-11H,1-2H3,(H,21,27)(H2,22,23,24,28). The Morgan fingerprint density at radius 2 is 1.71 bits per heavy atom. The van der Waals surface area contributed by atoms with E-state index in [1.165, 1.54) is 0 Å². The molecule has 0 saturated carbocycles. The van der Waals surface area contributed by atoms with Crippen molar-refractivity contribution in [3.05, 3.63) is 65.7 Å². The Kier molecular flexibility index (Phi) is 4.36. The van der Waals surface area contributed by atoms with Gasteiger partial charge in [-0.3, -0.25) is 14.7 Å². The zero-order chi connectivity index (χ0) is 19.7. The molecule has 0 saturated heterocycles.